The second-order valence-corrected chi connectivity index (χ2v) is 3.45. The van der Waals surface area contributed by atoms with Gasteiger partial charge in [0.05, 0.1) is 19.1 Å². The van der Waals surface area contributed by atoms with Gasteiger partial charge < -0.3 is 21.2 Å². The highest BCUT2D eigenvalue weighted by Crippen LogP contribution is 1.97. The number of amides is 2. The Kier molecular flexibility index (Phi) is 6.28. The minimum atomic E-state index is -0.521. The van der Waals surface area contributed by atoms with Crippen LogP contribution in [0, 0.1) is 5.92 Å². The van der Waals surface area contributed by atoms with E-state index in [9.17, 15) is 14.4 Å². The van der Waals surface area contributed by atoms with Crippen molar-refractivity contribution in [2.24, 2.45) is 11.7 Å². The van der Waals surface area contributed by atoms with Crippen molar-refractivity contribution in [3.8, 4) is 0 Å². The summed E-state index contributed by atoms with van der Waals surface area (Å²) in [4.78, 5) is 32.5. The molecule has 0 radical (unpaired) electrons. The number of carbonyl (C=O) groups excluding carboxylic acids is 3. The number of hydrogen-bond acceptors (Lipinski definition) is 4. The Morgan fingerprint density at radius 3 is 2.33 bits per heavy atom. The van der Waals surface area contributed by atoms with Crippen LogP contribution in [-0.4, -0.2) is 37.2 Å². The molecule has 0 spiro atoms. The van der Waals surface area contributed by atoms with Gasteiger partial charge in [-0.15, -0.1) is 0 Å². The van der Waals surface area contributed by atoms with Gasteiger partial charge in [0.25, 0.3) is 0 Å². The molecule has 2 amide bonds. The highest BCUT2D eigenvalue weighted by atomic mass is 16.2. The van der Waals surface area contributed by atoms with Gasteiger partial charge in [0.15, 0.2) is 0 Å². The molecule has 0 aliphatic heterocycles. The maximum atomic E-state index is 11.2. The predicted octanol–water partition coefficient (Wildman–Crippen LogP) is -1.60. The van der Waals surface area contributed by atoms with E-state index in [0.717, 1.165) is 0 Å². The largest absolute Gasteiger partial charge is 0.346 e. The maximum absolute atomic E-state index is 11.2. The first-order valence-corrected chi connectivity index (χ1v) is 4.72. The summed E-state index contributed by atoms with van der Waals surface area (Å²) in [5.41, 5.74) is 5.03. The molecular formula is C9H17N3O3. The summed E-state index contributed by atoms with van der Waals surface area (Å²) in [6.45, 7) is 3.32. The summed E-state index contributed by atoms with van der Waals surface area (Å²) in [6.07, 6.45) is 0.674. The zero-order valence-corrected chi connectivity index (χ0v) is 8.95. The van der Waals surface area contributed by atoms with Crippen molar-refractivity contribution in [1.29, 1.82) is 0 Å². The van der Waals surface area contributed by atoms with Crippen LogP contribution in [0.25, 0.3) is 0 Å². The first-order chi connectivity index (χ1) is 7.01. The molecule has 0 bridgehead atoms. The third kappa shape index (κ3) is 5.79. The summed E-state index contributed by atoms with van der Waals surface area (Å²) < 4.78 is 0. The van der Waals surface area contributed by atoms with Crippen LogP contribution in [0.4, 0.5) is 0 Å². The lowest BCUT2D eigenvalue weighted by atomic mass is 10.1. The van der Waals surface area contributed by atoms with E-state index >= 15 is 0 Å². The minimum Gasteiger partial charge on any atom is -0.346 e. The SMILES string of the molecule is CC(C)[C@@H](C=O)NC(=O)CNC(=O)CN. The topological polar surface area (TPSA) is 101 Å². The van der Waals surface area contributed by atoms with Crippen LogP contribution in [0.15, 0.2) is 0 Å². The summed E-state index contributed by atoms with van der Waals surface area (Å²) in [7, 11) is 0. The Hall–Kier alpha value is -1.43. The molecule has 0 saturated carbocycles. The van der Waals surface area contributed by atoms with E-state index < -0.39 is 17.9 Å². The van der Waals surface area contributed by atoms with Crippen LogP contribution in [0.5, 0.6) is 0 Å². The van der Waals surface area contributed by atoms with Gasteiger partial charge in [-0.2, -0.15) is 0 Å². The summed E-state index contributed by atoms with van der Waals surface area (Å²) in [5, 5.41) is 4.79. The van der Waals surface area contributed by atoms with Gasteiger partial charge in [-0.1, -0.05) is 13.8 Å². The monoisotopic (exact) mass is 215 g/mol. The van der Waals surface area contributed by atoms with Crippen molar-refractivity contribution in [2.75, 3.05) is 13.1 Å². The third-order valence-electron chi connectivity index (χ3n) is 1.82. The van der Waals surface area contributed by atoms with Crippen molar-refractivity contribution in [3.63, 3.8) is 0 Å². The number of hydrogen-bond donors (Lipinski definition) is 3. The Morgan fingerprint density at radius 1 is 1.33 bits per heavy atom. The van der Waals surface area contributed by atoms with Gasteiger partial charge in [-0.25, -0.2) is 0 Å². The number of nitrogens with two attached hydrogens (primary N) is 1. The second kappa shape index (κ2) is 6.94. The van der Waals surface area contributed by atoms with Gasteiger partial charge >= 0.3 is 0 Å². The van der Waals surface area contributed by atoms with E-state index in [-0.39, 0.29) is 19.0 Å². The van der Waals surface area contributed by atoms with E-state index in [2.05, 4.69) is 10.6 Å². The highest BCUT2D eigenvalue weighted by molar-refractivity contribution is 5.86. The maximum Gasteiger partial charge on any atom is 0.239 e. The highest BCUT2D eigenvalue weighted by Gasteiger charge is 2.14. The van der Waals surface area contributed by atoms with Gasteiger partial charge in [-0.05, 0) is 5.92 Å². The Balaban J connectivity index is 3.91. The van der Waals surface area contributed by atoms with Crippen molar-refractivity contribution < 1.29 is 14.4 Å². The predicted molar refractivity (Wildman–Crippen MR) is 54.9 cm³/mol. The average molecular weight is 215 g/mol. The smallest absolute Gasteiger partial charge is 0.239 e. The first-order valence-electron chi connectivity index (χ1n) is 4.72. The van der Waals surface area contributed by atoms with Crippen LogP contribution in [-0.2, 0) is 14.4 Å². The van der Waals surface area contributed by atoms with Crippen molar-refractivity contribution in [1.82, 2.24) is 10.6 Å². The summed E-state index contributed by atoms with van der Waals surface area (Å²) >= 11 is 0. The van der Waals surface area contributed by atoms with Crippen molar-refractivity contribution in [3.05, 3.63) is 0 Å². The van der Waals surface area contributed by atoms with Crippen molar-refractivity contribution in [2.45, 2.75) is 19.9 Å². The molecule has 6 heteroatoms. The molecule has 0 heterocycles. The van der Waals surface area contributed by atoms with Crippen LogP contribution in [0.2, 0.25) is 0 Å². The number of aldehydes is 1. The van der Waals surface area contributed by atoms with Gasteiger partial charge in [0, 0.05) is 0 Å². The Labute approximate surface area is 88.6 Å². The minimum absolute atomic E-state index is 0.0247. The standard InChI is InChI=1S/C9H17N3O3/c1-6(2)7(5-13)12-9(15)4-11-8(14)3-10/h5-7H,3-4,10H2,1-2H3,(H,11,14)(H,12,15)/t7-/m1/s1. The van der Waals surface area contributed by atoms with Crippen LogP contribution in [0.3, 0.4) is 0 Å². The molecule has 0 saturated heterocycles. The Bertz CT molecular complexity index is 241. The molecule has 0 aliphatic rings. The molecule has 0 unspecified atom stereocenters. The number of carbonyl (C=O) groups is 3. The molecular weight excluding hydrogens is 198 g/mol. The van der Waals surface area contributed by atoms with Gasteiger partial charge in [-0.3, -0.25) is 9.59 Å². The fourth-order valence-corrected chi connectivity index (χ4v) is 0.846. The van der Waals surface area contributed by atoms with Gasteiger partial charge in [0.2, 0.25) is 11.8 Å². The molecule has 15 heavy (non-hydrogen) atoms. The molecule has 0 fully saturated rings. The van der Waals surface area contributed by atoms with E-state index in [4.69, 9.17) is 5.73 Å². The summed E-state index contributed by atoms with van der Waals surface area (Å²) in [5.74, 6) is -0.781. The van der Waals surface area contributed by atoms with E-state index in [1.807, 2.05) is 13.8 Å². The average Bonchev–Trinajstić information content (AvgIpc) is 2.21. The molecule has 86 valence electrons. The fraction of sp³-hybridized carbons (Fsp3) is 0.667. The van der Waals surface area contributed by atoms with Crippen LogP contribution in [0.1, 0.15) is 13.8 Å². The van der Waals surface area contributed by atoms with Gasteiger partial charge in [0.1, 0.15) is 6.29 Å². The van der Waals surface area contributed by atoms with E-state index in [1.54, 1.807) is 0 Å². The molecule has 0 aromatic carbocycles. The van der Waals surface area contributed by atoms with E-state index in [1.165, 1.54) is 0 Å². The quantitative estimate of drug-likeness (QED) is 0.464. The van der Waals surface area contributed by atoms with Crippen LogP contribution >= 0.6 is 0 Å². The zero-order chi connectivity index (χ0) is 11.8. The molecule has 0 aromatic rings. The molecule has 1 atom stereocenters. The molecule has 4 N–H and O–H groups in total. The zero-order valence-electron chi connectivity index (χ0n) is 8.95. The molecule has 6 nitrogen and oxygen atoms in total. The fourth-order valence-electron chi connectivity index (χ4n) is 0.846. The van der Waals surface area contributed by atoms with E-state index in [0.29, 0.717) is 6.29 Å². The lowest BCUT2D eigenvalue weighted by Crippen LogP contribution is -2.45. The summed E-state index contributed by atoms with van der Waals surface area (Å²) in [6, 6.07) is -0.521. The molecule has 0 rings (SSSR count). The lowest BCUT2D eigenvalue weighted by Gasteiger charge is -2.16. The molecule has 0 aromatic heterocycles. The number of rotatable bonds is 6. The second-order valence-electron chi connectivity index (χ2n) is 3.45. The lowest BCUT2D eigenvalue weighted by molar-refractivity contribution is -0.126. The number of nitrogens with one attached hydrogen (secondary N) is 2. The van der Waals surface area contributed by atoms with Crippen molar-refractivity contribution >= 4 is 18.1 Å². The first kappa shape index (κ1) is 13.6. The molecule has 0 aliphatic carbocycles. The third-order valence-corrected chi connectivity index (χ3v) is 1.82. The normalized spacial score (nSPS) is 12.0. The van der Waals surface area contributed by atoms with Crippen LogP contribution < -0.4 is 16.4 Å². The Morgan fingerprint density at radius 2 is 1.93 bits per heavy atom.